The van der Waals surface area contributed by atoms with Crippen molar-refractivity contribution in [1.82, 2.24) is 8.96 Å². The first-order valence-electron chi connectivity index (χ1n) is 6.33. The first kappa shape index (κ1) is 14.3. The van der Waals surface area contributed by atoms with Gasteiger partial charge in [0.1, 0.15) is 5.82 Å². The number of nitrogen functional groups attached to an aromatic ring is 1. The van der Waals surface area contributed by atoms with Crippen molar-refractivity contribution >= 4 is 26.7 Å². The number of aromatic nitrogens is 2. The average molecular weight is 321 g/mol. The van der Waals surface area contributed by atoms with Gasteiger partial charge >= 0.3 is 5.69 Å². The maximum Gasteiger partial charge on any atom is 0.340 e. The summed E-state index contributed by atoms with van der Waals surface area (Å²) in [6.45, 7) is 1.45. The normalized spacial score (nSPS) is 11.9. The van der Waals surface area contributed by atoms with Crippen LogP contribution in [0.25, 0.3) is 11.0 Å². The number of H-pyrrole nitrogens is 1. The summed E-state index contributed by atoms with van der Waals surface area (Å²) in [4.78, 5) is 14.3. The second-order valence-electron chi connectivity index (χ2n) is 4.89. The molecule has 0 saturated carbocycles. The molecule has 0 unspecified atom stereocenters. The lowest BCUT2D eigenvalue weighted by atomic mass is 10.2. The standard InChI is InChI=1S/C14H12FN3O3S/c1-8-6-10(3-4-11(8)15)22(20,21)18-13-7-9(16)2-5-12(13)17-14(18)19/h2-7H,16H2,1H3,(H,17,19). The summed E-state index contributed by atoms with van der Waals surface area (Å²) >= 11 is 0. The quantitative estimate of drug-likeness (QED) is 0.700. The van der Waals surface area contributed by atoms with Crippen LogP contribution in [-0.2, 0) is 10.0 Å². The molecule has 0 aliphatic heterocycles. The number of nitrogens with zero attached hydrogens (tertiary/aromatic N) is 1. The average Bonchev–Trinajstić information content (AvgIpc) is 2.77. The molecule has 1 aromatic heterocycles. The summed E-state index contributed by atoms with van der Waals surface area (Å²) in [5.74, 6) is -0.519. The Kier molecular flexibility index (Phi) is 3.06. The van der Waals surface area contributed by atoms with Crippen molar-refractivity contribution in [1.29, 1.82) is 0 Å². The van der Waals surface area contributed by atoms with Gasteiger partial charge < -0.3 is 10.7 Å². The minimum absolute atomic E-state index is 0.145. The van der Waals surface area contributed by atoms with Crippen molar-refractivity contribution in [3.05, 3.63) is 58.3 Å². The van der Waals surface area contributed by atoms with Crippen LogP contribution in [0.5, 0.6) is 0 Å². The summed E-state index contributed by atoms with van der Waals surface area (Å²) in [5, 5.41) is 0. The molecule has 0 aliphatic rings. The minimum atomic E-state index is -4.16. The number of anilines is 1. The van der Waals surface area contributed by atoms with E-state index in [9.17, 15) is 17.6 Å². The van der Waals surface area contributed by atoms with Crippen LogP contribution < -0.4 is 11.4 Å². The molecule has 3 N–H and O–H groups in total. The maximum absolute atomic E-state index is 13.3. The summed E-state index contributed by atoms with van der Waals surface area (Å²) < 4.78 is 39.3. The number of hydrogen-bond donors (Lipinski definition) is 2. The van der Waals surface area contributed by atoms with Gasteiger partial charge in [-0.3, -0.25) is 0 Å². The van der Waals surface area contributed by atoms with Crippen LogP contribution in [0.3, 0.4) is 0 Å². The molecule has 0 spiro atoms. The van der Waals surface area contributed by atoms with Gasteiger partial charge in [-0.2, -0.15) is 3.97 Å². The monoisotopic (exact) mass is 321 g/mol. The summed E-state index contributed by atoms with van der Waals surface area (Å²) in [7, 11) is -4.16. The zero-order valence-corrected chi connectivity index (χ0v) is 12.3. The van der Waals surface area contributed by atoms with Crippen molar-refractivity contribution < 1.29 is 12.8 Å². The lowest BCUT2D eigenvalue weighted by molar-refractivity contribution is 0.585. The fourth-order valence-corrected chi connectivity index (χ4v) is 3.67. The van der Waals surface area contributed by atoms with Gasteiger partial charge in [0.25, 0.3) is 10.0 Å². The number of halogens is 1. The highest BCUT2D eigenvalue weighted by Gasteiger charge is 2.23. The fourth-order valence-electron chi connectivity index (χ4n) is 2.22. The fraction of sp³-hybridized carbons (Fsp3) is 0.0714. The van der Waals surface area contributed by atoms with Gasteiger partial charge in [0.05, 0.1) is 15.9 Å². The zero-order chi connectivity index (χ0) is 16.1. The molecule has 8 heteroatoms. The van der Waals surface area contributed by atoms with Crippen molar-refractivity contribution in [2.45, 2.75) is 11.8 Å². The molecule has 3 rings (SSSR count). The molecule has 0 radical (unpaired) electrons. The van der Waals surface area contributed by atoms with E-state index in [2.05, 4.69) is 4.98 Å². The van der Waals surface area contributed by atoms with Gasteiger partial charge in [-0.15, -0.1) is 0 Å². The molecule has 2 aromatic carbocycles. The van der Waals surface area contributed by atoms with Crippen LogP contribution in [0.4, 0.5) is 10.1 Å². The number of imidazole rings is 1. The highest BCUT2D eigenvalue weighted by molar-refractivity contribution is 7.90. The molecule has 6 nitrogen and oxygen atoms in total. The lowest BCUT2D eigenvalue weighted by Crippen LogP contribution is -2.25. The highest BCUT2D eigenvalue weighted by atomic mass is 32.2. The molecular formula is C14H12FN3O3S. The minimum Gasteiger partial charge on any atom is -0.399 e. The Hall–Kier alpha value is -2.61. The Balaban J connectivity index is 2.34. The molecular weight excluding hydrogens is 309 g/mol. The predicted octanol–water partition coefficient (Wildman–Crippen LogP) is 1.60. The SMILES string of the molecule is Cc1cc(S(=O)(=O)n2c(=O)[nH]c3ccc(N)cc32)ccc1F. The summed E-state index contributed by atoms with van der Waals surface area (Å²) in [6.07, 6.45) is 0. The zero-order valence-electron chi connectivity index (χ0n) is 11.5. The number of aromatic amines is 1. The Labute approximate surface area is 125 Å². The summed E-state index contributed by atoms with van der Waals surface area (Å²) in [6, 6.07) is 7.82. The number of hydrogen-bond acceptors (Lipinski definition) is 4. The summed E-state index contributed by atoms with van der Waals surface area (Å²) in [5.41, 5.74) is 5.84. The van der Waals surface area contributed by atoms with Crippen molar-refractivity contribution in [3.63, 3.8) is 0 Å². The molecule has 1 heterocycles. The van der Waals surface area contributed by atoms with Crippen molar-refractivity contribution in [2.24, 2.45) is 0 Å². The van der Waals surface area contributed by atoms with Gasteiger partial charge in [-0.05, 0) is 48.9 Å². The van der Waals surface area contributed by atoms with E-state index >= 15 is 0 Å². The van der Waals surface area contributed by atoms with E-state index in [-0.39, 0.29) is 16.0 Å². The Morgan fingerprint density at radius 1 is 1.18 bits per heavy atom. The molecule has 0 aliphatic carbocycles. The van der Waals surface area contributed by atoms with Crippen LogP contribution in [0, 0.1) is 12.7 Å². The first-order chi connectivity index (χ1) is 10.3. The second kappa shape index (κ2) is 4.70. The number of nitrogens with two attached hydrogens (primary N) is 1. The van der Waals surface area contributed by atoms with Gasteiger partial charge in [0, 0.05) is 5.69 Å². The number of fused-ring (bicyclic) bond motifs is 1. The van der Waals surface area contributed by atoms with Gasteiger partial charge in [0.2, 0.25) is 0 Å². The van der Waals surface area contributed by atoms with Crippen LogP contribution in [-0.4, -0.2) is 17.4 Å². The number of rotatable bonds is 2. The number of aryl methyl sites for hydroxylation is 1. The smallest absolute Gasteiger partial charge is 0.340 e. The Bertz CT molecular complexity index is 1050. The van der Waals surface area contributed by atoms with E-state index in [0.717, 1.165) is 12.1 Å². The third kappa shape index (κ3) is 2.08. The molecule has 0 bridgehead atoms. The number of benzene rings is 2. The molecule has 3 aromatic rings. The molecule has 0 atom stereocenters. The molecule has 0 saturated heterocycles. The highest BCUT2D eigenvalue weighted by Crippen LogP contribution is 2.21. The molecule has 22 heavy (non-hydrogen) atoms. The van der Waals surface area contributed by atoms with Gasteiger partial charge in [-0.1, -0.05) is 0 Å². The van der Waals surface area contributed by atoms with Crippen molar-refractivity contribution in [2.75, 3.05) is 5.73 Å². The van der Waals surface area contributed by atoms with Crippen LogP contribution >= 0.6 is 0 Å². The molecule has 114 valence electrons. The topological polar surface area (TPSA) is 98.0 Å². The third-order valence-electron chi connectivity index (χ3n) is 3.33. The Morgan fingerprint density at radius 3 is 2.59 bits per heavy atom. The molecule has 0 amide bonds. The first-order valence-corrected chi connectivity index (χ1v) is 7.77. The van der Waals surface area contributed by atoms with E-state index < -0.39 is 21.5 Å². The van der Waals surface area contributed by atoms with E-state index in [0.29, 0.717) is 15.2 Å². The van der Waals surface area contributed by atoms with E-state index in [1.807, 2.05) is 0 Å². The Morgan fingerprint density at radius 2 is 1.91 bits per heavy atom. The third-order valence-corrected chi connectivity index (χ3v) is 5.03. The van der Waals surface area contributed by atoms with Crippen LogP contribution in [0.15, 0.2) is 46.1 Å². The van der Waals surface area contributed by atoms with E-state index in [1.54, 1.807) is 6.07 Å². The van der Waals surface area contributed by atoms with Gasteiger partial charge in [0.15, 0.2) is 0 Å². The largest absolute Gasteiger partial charge is 0.399 e. The van der Waals surface area contributed by atoms with Gasteiger partial charge in [-0.25, -0.2) is 17.6 Å². The van der Waals surface area contributed by atoms with Crippen LogP contribution in [0.2, 0.25) is 0 Å². The van der Waals surface area contributed by atoms with Crippen LogP contribution in [0.1, 0.15) is 5.56 Å². The molecule has 0 fully saturated rings. The second-order valence-corrected chi connectivity index (χ2v) is 6.67. The maximum atomic E-state index is 13.3. The van der Waals surface area contributed by atoms with E-state index in [1.165, 1.54) is 25.1 Å². The van der Waals surface area contributed by atoms with Crippen molar-refractivity contribution in [3.8, 4) is 0 Å². The number of nitrogens with one attached hydrogen (secondary N) is 1. The lowest BCUT2D eigenvalue weighted by Gasteiger charge is -2.07. The van der Waals surface area contributed by atoms with E-state index in [4.69, 9.17) is 5.73 Å². The predicted molar refractivity (Wildman–Crippen MR) is 80.7 cm³/mol.